The van der Waals surface area contributed by atoms with E-state index in [9.17, 15) is 4.79 Å². The summed E-state index contributed by atoms with van der Waals surface area (Å²) in [7, 11) is 0. The van der Waals surface area contributed by atoms with E-state index in [1.54, 1.807) is 12.1 Å². The van der Waals surface area contributed by atoms with E-state index in [1.165, 1.54) is 6.07 Å². The molecule has 0 spiro atoms. The van der Waals surface area contributed by atoms with E-state index >= 15 is 0 Å². The molecule has 0 bridgehead atoms. The number of benzene rings is 1. The van der Waals surface area contributed by atoms with Crippen molar-refractivity contribution in [3.8, 4) is 0 Å². The molecule has 76 valence electrons. The highest BCUT2D eigenvalue weighted by Gasteiger charge is 2.13. The molecule has 15 heavy (non-hydrogen) atoms. The van der Waals surface area contributed by atoms with E-state index in [1.807, 2.05) is 19.1 Å². The highest BCUT2D eigenvalue weighted by Crippen LogP contribution is 2.14. The zero-order valence-corrected chi connectivity index (χ0v) is 8.78. The largest absolute Gasteiger partial charge is 0.344 e. The van der Waals surface area contributed by atoms with Gasteiger partial charge in [-0.15, -0.1) is 0 Å². The maximum Gasteiger partial charge on any atom is 0.226 e. The molecule has 0 saturated heterocycles. The predicted molar refractivity (Wildman–Crippen MR) is 56.1 cm³/mol. The molecule has 0 aliphatic carbocycles. The molecule has 2 aromatic rings. The van der Waals surface area contributed by atoms with Crippen LogP contribution in [0.25, 0.3) is 0 Å². The summed E-state index contributed by atoms with van der Waals surface area (Å²) in [6.45, 7) is 1.96. The molecule has 0 amide bonds. The standard InChI is InChI=1S/C11H8ClNO2/c1-7-2-4-8(5-3-7)11(14)9-6-10(12)15-13-9/h2-6H,1H3. The minimum absolute atomic E-state index is 0.116. The quantitative estimate of drug-likeness (QED) is 0.733. The zero-order chi connectivity index (χ0) is 10.8. The Balaban J connectivity index is 2.32. The molecule has 4 heteroatoms. The summed E-state index contributed by atoms with van der Waals surface area (Å²) in [5.74, 6) is -0.189. The first-order chi connectivity index (χ1) is 7.16. The second kappa shape index (κ2) is 3.87. The number of aryl methyl sites for hydroxylation is 1. The molecule has 0 aliphatic heterocycles. The summed E-state index contributed by atoms with van der Waals surface area (Å²) >= 11 is 5.54. The van der Waals surface area contributed by atoms with E-state index in [-0.39, 0.29) is 16.7 Å². The van der Waals surface area contributed by atoms with Gasteiger partial charge in [0.2, 0.25) is 11.0 Å². The van der Waals surface area contributed by atoms with Crippen LogP contribution in [0.5, 0.6) is 0 Å². The molecule has 1 aromatic carbocycles. The fraction of sp³-hybridized carbons (Fsp3) is 0.0909. The summed E-state index contributed by atoms with van der Waals surface area (Å²) < 4.78 is 4.63. The fourth-order valence-electron chi connectivity index (χ4n) is 1.21. The topological polar surface area (TPSA) is 43.1 Å². The maximum atomic E-state index is 11.8. The smallest absolute Gasteiger partial charge is 0.226 e. The van der Waals surface area contributed by atoms with Crippen LogP contribution in [0.3, 0.4) is 0 Å². The Bertz CT molecular complexity index is 488. The van der Waals surface area contributed by atoms with Crippen LogP contribution in [0, 0.1) is 6.92 Å². The van der Waals surface area contributed by atoms with Gasteiger partial charge in [-0.1, -0.05) is 35.0 Å². The Morgan fingerprint density at radius 2 is 2.00 bits per heavy atom. The summed E-state index contributed by atoms with van der Waals surface area (Å²) in [6, 6.07) is 8.65. The molecule has 2 rings (SSSR count). The second-order valence-electron chi connectivity index (χ2n) is 3.21. The van der Waals surface area contributed by atoms with Gasteiger partial charge in [-0.3, -0.25) is 4.79 Å². The van der Waals surface area contributed by atoms with E-state index in [0.29, 0.717) is 5.56 Å². The third kappa shape index (κ3) is 2.07. The Kier molecular flexibility index (Phi) is 2.56. The number of hydrogen-bond acceptors (Lipinski definition) is 3. The van der Waals surface area contributed by atoms with Crippen LogP contribution >= 0.6 is 11.6 Å². The van der Waals surface area contributed by atoms with Gasteiger partial charge in [-0.2, -0.15) is 0 Å². The van der Waals surface area contributed by atoms with Gasteiger partial charge in [0, 0.05) is 11.6 Å². The Hall–Kier alpha value is -1.61. The number of halogens is 1. The van der Waals surface area contributed by atoms with Gasteiger partial charge in [0.1, 0.15) is 0 Å². The van der Waals surface area contributed by atoms with E-state index in [0.717, 1.165) is 5.56 Å². The Morgan fingerprint density at radius 1 is 1.33 bits per heavy atom. The van der Waals surface area contributed by atoms with Crippen molar-refractivity contribution < 1.29 is 9.32 Å². The third-order valence-corrected chi connectivity index (χ3v) is 2.21. The van der Waals surface area contributed by atoms with Gasteiger partial charge in [0.15, 0.2) is 5.69 Å². The van der Waals surface area contributed by atoms with Crippen molar-refractivity contribution >= 4 is 17.4 Å². The summed E-state index contributed by atoms with van der Waals surface area (Å²) in [5, 5.41) is 3.67. The van der Waals surface area contributed by atoms with Gasteiger partial charge >= 0.3 is 0 Å². The highest BCUT2D eigenvalue weighted by molar-refractivity contribution is 6.29. The average molecular weight is 222 g/mol. The Morgan fingerprint density at radius 3 is 2.53 bits per heavy atom. The first-order valence-electron chi connectivity index (χ1n) is 4.40. The van der Waals surface area contributed by atoms with E-state index < -0.39 is 0 Å². The highest BCUT2D eigenvalue weighted by atomic mass is 35.5. The van der Waals surface area contributed by atoms with Gasteiger partial charge in [0.05, 0.1) is 0 Å². The van der Waals surface area contributed by atoms with Crippen molar-refractivity contribution in [3.63, 3.8) is 0 Å². The Labute approximate surface area is 91.6 Å². The molecule has 0 saturated carbocycles. The monoisotopic (exact) mass is 221 g/mol. The third-order valence-electron chi connectivity index (χ3n) is 2.03. The number of carbonyl (C=O) groups excluding carboxylic acids is 1. The minimum atomic E-state index is -0.189. The van der Waals surface area contributed by atoms with Crippen molar-refractivity contribution in [1.29, 1.82) is 0 Å². The number of rotatable bonds is 2. The molecule has 0 fully saturated rings. The van der Waals surface area contributed by atoms with Gasteiger partial charge < -0.3 is 4.52 Å². The number of aromatic nitrogens is 1. The first kappa shape index (κ1) is 9.93. The molecule has 0 aliphatic rings. The van der Waals surface area contributed by atoms with E-state index in [4.69, 9.17) is 11.6 Å². The first-order valence-corrected chi connectivity index (χ1v) is 4.78. The van der Waals surface area contributed by atoms with Crippen LogP contribution in [0.1, 0.15) is 21.6 Å². The van der Waals surface area contributed by atoms with Gasteiger partial charge in [0.25, 0.3) is 0 Å². The number of hydrogen-bond donors (Lipinski definition) is 0. The van der Waals surface area contributed by atoms with Crippen molar-refractivity contribution in [3.05, 3.63) is 52.4 Å². The number of ketones is 1. The summed E-state index contributed by atoms with van der Waals surface area (Å²) in [4.78, 5) is 11.8. The van der Waals surface area contributed by atoms with Crippen LogP contribution in [-0.2, 0) is 0 Å². The molecule has 1 aromatic heterocycles. The lowest BCUT2D eigenvalue weighted by Gasteiger charge is -1.96. The van der Waals surface area contributed by atoms with Crippen molar-refractivity contribution in [2.75, 3.05) is 0 Å². The predicted octanol–water partition coefficient (Wildman–Crippen LogP) is 2.87. The normalized spacial score (nSPS) is 10.3. The molecule has 3 nitrogen and oxygen atoms in total. The second-order valence-corrected chi connectivity index (χ2v) is 3.58. The average Bonchev–Trinajstić information content (AvgIpc) is 2.65. The van der Waals surface area contributed by atoms with Crippen LogP contribution in [0.4, 0.5) is 0 Å². The molecule has 0 atom stereocenters. The van der Waals surface area contributed by atoms with Crippen LogP contribution < -0.4 is 0 Å². The van der Waals surface area contributed by atoms with E-state index in [2.05, 4.69) is 9.68 Å². The van der Waals surface area contributed by atoms with Crippen molar-refractivity contribution in [2.24, 2.45) is 0 Å². The lowest BCUT2D eigenvalue weighted by Crippen LogP contribution is -2.00. The zero-order valence-electron chi connectivity index (χ0n) is 8.03. The van der Waals surface area contributed by atoms with Crippen molar-refractivity contribution in [2.45, 2.75) is 6.92 Å². The minimum Gasteiger partial charge on any atom is -0.344 e. The van der Waals surface area contributed by atoms with Crippen LogP contribution in [0.15, 0.2) is 34.9 Å². The van der Waals surface area contributed by atoms with Crippen LogP contribution in [-0.4, -0.2) is 10.9 Å². The molecule has 0 N–H and O–H groups in total. The number of nitrogens with zero attached hydrogens (tertiary/aromatic N) is 1. The maximum absolute atomic E-state index is 11.8. The number of carbonyl (C=O) groups is 1. The van der Waals surface area contributed by atoms with Gasteiger partial charge in [-0.05, 0) is 18.5 Å². The molecule has 0 unspecified atom stereocenters. The lowest BCUT2D eigenvalue weighted by molar-refractivity contribution is 0.103. The fourth-order valence-corrected chi connectivity index (χ4v) is 1.35. The summed E-state index contributed by atoms with van der Waals surface area (Å²) in [5.41, 5.74) is 1.90. The molecular weight excluding hydrogens is 214 g/mol. The lowest BCUT2D eigenvalue weighted by atomic mass is 10.1. The van der Waals surface area contributed by atoms with Crippen LogP contribution in [0.2, 0.25) is 5.22 Å². The van der Waals surface area contributed by atoms with Gasteiger partial charge in [-0.25, -0.2) is 0 Å². The van der Waals surface area contributed by atoms with Crippen molar-refractivity contribution in [1.82, 2.24) is 5.16 Å². The molecule has 0 radical (unpaired) electrons. The summed E-state index contributed by atoms with van der Waals surface area (Å²) in [6.07, 6.45) is 0. The molecule has 1 heterocycles. The molecular formula is C11H8ClNO2. The SMILES string of the molecule is Cc1ccc(C(=O)c2cc(Cl)on2)cc1.